The number of fused-ring (bicyclic) bond motifs is 3. The first-order chi connectivity index (χ1) is 16.8. The molecule has 36 heavy (non-hydrogen) atoms. The minimum absolute atomic E-state index is 0.00664. The van der Waals surface area contributed by atoms with Crippen LogP contribution in [0, 0.1) is 22.7 Å². The Morgan fingerprint density at radius 1 is 1.19 bits per heavy atom. The first kappa shape index (κ1) is 26.1. The summed E-state index contributed by atoms with van der Waals surface area (Å²) in [6.45, 7) is 10.7. The maximum absolute atomic E-state index is 14.2. The average Bonchev–Trinajstić information content (AvgIpc) is 2.76. The molecule has 0 aromatic heterocycles. The number of aliphatic hydroxyl groups is 3. The Labute approximate surface area is 211 Å². The molecule has 0 amide bonds. The second kappa shape index (κ2) is 8.58. The summed E-state index contributed by atoms with van der Waals surface area (Å²) in [5.41, 5.74) is -4.18. The Hall–Kier alpha value is -2.93. The third-order valence-corrected chi connectivity index (χ3v) is 8.48. The first-order valence-corrected chi connectivity index (χ1v) is 12.7. The molecule has 1 aromatic rings. The van der Waals surface area contributed by atoms with E-state index in [1.54, 1.807) is 26.8 Å². The number of hydrogen-bond acceptors (Lipinski definition) is 7. The van der Waals surface area contributed by atoms with Crippen molar-refractivity contribution in [2.75, 3.05) is 6.61 Å². The molecule has 1 aromatic carbocycles. The number of rotatable bonds is 6. The summed E-state index contributed by atoms with van der Waals surface area (Å²) in [5, 5.41) is 34.8. The zero-order valence-electron chi connectivity index (χ0n) is 21.9. The van der Waals surface area contributed by atoms with Gasteiger partial charge in [-0.15, -0.1) is 0 Å². The molecule has 1 saturated carbocycles. The second-order valence-electron chi connectivity index (χ2n) is 11.5. The fourth-order valence-corrected chi connectivity index (χ4v) is 7.10. The molecule has 7 nitrogen and oxygen atoms in total. The average molecular weight is 497 g/mol. The number of Topliss-reactive ketones (excluding diaryl/α,β-unsaturated/α-hetero) is 3. The van der Waals surface area contributed by atoms with E-state index in [0.29, 0.717) is 24.3 Å². The predicted octanol–water partition coefficient (Wildman–Crippen LogP) is 4.66. The molecule has 0 aliphatic heterocycles. The predicted molar refractivity (Wildman–Crippen MR) is 135 cm³/mol. The van der Waals surface area contributed by atoms with Gasteiger partial charge in [0.2, 0.25) is 5.78 Å². The van der Waals surface area contributed by atoms with E-state index in [2.05, 4.69) is 0 Å². The molecule has 0 spiro atoms. The van der Waals surface area contributed by atoms with Crippen LogP contribution >= 0.6 is 0 Å². The molecule has 0 heterocycles. The fourth-order valence-electron chi connectivity index (χ4n) is 7.10. The Balaban J connectivity index is 1.99. The summed E-state index contributed by atoms with van der Waals surface area (Å²) in [4.78, 5) is 40.2. The second-order valence-corrected chi connectivity index (χ2v) is 11.5. The number of carbonyl (C=O) groups is 3. The minimum atomic E-state index is -2.53. The van der Waals surface area contributed by atoms with Crippen molar-refractivity contribution in [3.63, 3.8) is 0 Å². The Kier molecular flexibility index (Phi) is 6.23. The van der Waals surface area contributed by atoms with Gasteiger partial charge in [0.05, 0.1) is 12.2 Å². The van der Waals surface area contributed by atoms with Crippen LogP contribution in [-0.4, -0.2) is 44.9 Å². The van der Waals surface area contributed by atoms with Gasteiger partial charge in [-0.2, -0.15) is 0 Å². The van der Waals surface area contributed by atoms with Crippen LogP contribution in [0.25, 0.3) is 5.76 Å². The maximum atomic E-state index is 14.2. The van der Waals surface area contributed by atoms with Gasteiger partial charge < -0.3 is 20.1 Å². The van der Waals surface area contributed by atoms with E-state index in [0.717, 1.165) is 25.3 Å². The SMILES string of the molecule is CCCCOc1cccc2c1C(O)=C1C(=O)[C@@]3(O)C(O)=C(C(C)=O)C(=O)C(C(C)C)[C@@]3(C)C[C@@]1(C)C2. The molecule has 0 bridgehead atoms. The number of allylic oxidation sites excluding steroid dienone is 1. The molecule has 3 aliphatic carbocycles. The first-order valence-electron chi connectivity index (χ1n) is 12.7. The van der Waals surface area contributed by atoms with E-state index in [1.165, 1.54) is 0 Å². The van der Waals surface area contributed by atoms with E-state index in [9.17, 15) is 29.7 Å². The summed E-state index contributed by atoms with van der Waals surface area (Å²) in [5.74, 6) is -4.10. The highest BCUT2D eigenvalue weighted by Crippen LogP contribution is 2.64. The lowest BCUT2D eigenvalue weighted by molar-refractivity contribution is -0.178. The summed E-state index contributed by atoms with van der Waals surface area (Å²) in [7, 11) is 0. The van der Waals surface area contributed by atoms with Crippen molar-refractivity contribution in [1.82, 2.24) is 0 Å². The van der Waals surface area contributed by atoms with Crippen LogP contribution in [0.1, 0.15) is 71.9 Å². The highest BCUT2D eigenvalue weighted by atomic mass is 16.5. The van der Waals surface area contributed by atoms with Gasteiger partial charge in [0.25, 0.3) is 0 Å². The van der Waals surface area contributed by atoms with E-state index in [4.69, 9.17) is 4.74 Å². The van der Waals surface area contributed by atoms with Crippen molar-refractivity contribution in [3.05, 3.63) is 46.2 Å². The molecule has 0 saturated heterocycles. The normalized spacial score (nSPS) is 31.8. The van der Waals surface area contributed by atoms with Crippen molar-refractivity contribution in [2.45, 2.75) is 72.8 Å². The summed E-state index contributed by atoms with van der Waals surface area (Å²) in [6.07, 6.45) is 2.29. The van der Waals surface area contributed by atoms with Gasteiger partial charge in [0.15, 0.2) is 17.2 Å². The number of ketones is 3. The molecular formula is C29H36O7. The van der Waals surface area contributed by atoms with E-state index in [1.807, 2.05) is 26.0 Å². The van der Waals surface area contributed by atoms with Crippen LogP contribution in [0.3, 0.4) is 0 Å². The van der Waals surface area contributed by atoms with Crippen molar-refractivity contribution >= 4 is 23.1 Å². The number of ether oxygens (including phenoxy) is 1. The number of hydrogen-bond donors (Lipinski definition) is 3. The van der Waals surface area contributed by atoms with Gasteiger partial charge in [0, 0.05) is 22.3 Å². The minimum Gasteiger partial charge on any atom is -0.508 e. The maximum Gasteiger partial charge on any atom is 0.203 e. The van der Waals surface area contributed by atoms with Gasteiger partial charge in [-0.25, -0.2) is 0 Å². The topological polar surface area (TPSA) is 121 Å². The Morgan fingerprint density at radius 3 is 2.44 bits per heavy atom. The zero-order chi connectivity index (χ0) is 26.8. The largest absolute Gasteiger partial charge is 0.508 e. The van der Waals surface area contributed by atoms with Crippen LogP contribution in [0.2, 0.25) is 0 Å². The molecule has 194 valence electrons. The fraction of sp³-hybridized carbons (Fsp3) is 0.552. The number of carbonyl (C=O) groups excluding carboxylic acids is 3. The van der Waals surface area contributed by atoms with Gasteiger partial charge in [-0.1, -0.05) is 53.2 Å². The van der Waals surface area contributed by atoms with E-state index >= 15 is 0 Å². The highest BCUT2D eigenvalue weighted by Gasteiger charge is 2.72. The third kappa shape index (κ3) is 3.31. The molecule has 3 N–H and O–H groups in total. The van der Waals surface area contributed by atoms with Crippen LogP contribution in [0.5, 0.6) is 5.75 Å². The van der Waals surface area contributed by atoms with E-state index < -0.39 is 51.0 Å². The van der Waals surface area contributed by atoms with Crippen molar-refractivity contribution < 1.29 is 34.4 Å². The number of aliphatic hydroxyl groups excluding tert-OH is 2. The van der Waals surface area contributed by atoms with Crippen molar-refractivity contribution in [3.8, 4) is 5.75 Å². The third-order valence-electron chi connectivity index (χ3n) is 8.48. The molecule has 4 atom stereocenters. The van der Waals surface area contributed by atoms with Crippen molar-refractivity contribution in [2.24, 2.45) is 22.7 Å². The van der Waals surface area contributed by atoms with Crippen LogP contribution in [0.15, 0.2) is 35.1 Å². The van der Waals surface area contributed by atoms with Crippen molar-refractivity contribution in [1.29, 1.82) is 0 Å². The molecule has 7 heteroatoms. The standard InChI is InChI=1S/C29H36O7/c1-7-8-12-36-18-11-9-10-17-13-27(5)14-28(6)21(15(2)3)23(31)19(16(4)30)25(33)29(28,35)26(34)22(27)24(32)20(17)18/h9-11,15,21,32-33,35H,7-8,12-14H2,1-6H3/t21?,27-,28-,29+/m1/s1. The molecule has 4 rings (SSSR count). The lowest BCUT2D eigenvalue weighted by Gasteiger charge is -2.59. The monoisotopic (exact) mass is 496 g/mol. The van der Waals surface area contributed by atoms with Gasteiger partial charge in [-0.3, -0.25) is 14.4 Å². The van der Waals surface area contributed by atoms with Gasteiger partial charge in [0.1, 0.15) is 22.8 Å². The van der Waals surface area contributed by atoms with Crippen LogP contribution < -0.4 is 4.74 Å². The Bertz CT molecular complexity index is 1220. The highest BCUT2D eigenvalue weighted by molar-refractivity contribution is 6.24. The lowest BCUT2D eigenvalue weighted by Crippen LogP contribution is -2.69. The molecule has 3 aliphatic rings. The van der Waals surface area contributed by atoms with Gasteiger partial charge >= 0.3 is 0 Å². The molecule has 0 radical (unpaired) electrons. The summed E-state index contributed by atoms with van der Waals surface area (Å²) >= 11 is 0. The smallest absolute Gasteiger partial charge is 0.203 e. The molecule has 1 unspecified atom stereocenters. The van der Waals surface area contributed by atoms with E-state index in [-0.39, 0.29) is 23.7 Å². The summed E-state index contributed by atoms with van der Waals surface area (Å²) in [6, 6.07) is 5.46. The van der Waals surface area contributed by atoms with Crippen LogP contribution in [-0.2, 0) is 20.8 Å². The lowest BCUT2D eigenvalue weighted by atomic mass is 9.43. The van der Waals surface area contributed by atoms with Gasteiger partial charge in [-0.05, 0) is 43.7 Å². The molecular weight excluding hydrogens is 460 g/mol. The number of benzene rings is 1. The molecule has 1 fully saturated rings. The summed E-state index contributed by atoms with van der Waals surface area (Å²) < 4.78 is 5.93. The quantitative estimate of drug-likeness (QED) is 0.387. The van der Waals surface area contributed by atoms with Crippen LogP contribution in [0.4, 0.5) is 0 Å². The Morgan fingerprint density at radius 2 is 1.86 bits per heavy atom. The number of unbranched alkanes of at least 4 members (excludes halogenated alkanes) is 1. The zero-order valence-corrected chi connectivity index (χ0v) is 21.9.